The zero-order valence-electron chi connectivity index (χ0n) is 18.1. The van der Waals surface area contributed by atoms with Gasteiger partial charge < -0.3 is 14.8 Å². The fourth-order valence-electron chi connectivity index (χ4n) is 4.26. The van der Waals surface area contributed by atoms with Gasteiger partial charge in [0.2, 0.25) is 11.8 Å². The third-order valence-electron chi connectivity index (χ3n) is 6.27. The number of rotatable bonds is 5. The second-order valence-corrected chi connectivity index (χ2v) is 8.65. The van der Waals surface area contributed by atoms with Crippen molar-refractivity contribution in [1.29, 1.82) is 0 Å². The molecule has 2 aliphatic rings. The molecule has 2 fully saturated rings. The fraction of sp³-hybridized carbons (Fsp3) is 0.417. The summed E-state index contributed by atoms with van der Waals surface area (Å²) >= 11 is 0. The van der Waals surface area contributed by atoms with E-state index in [1.165, 1.54) is 6.42 Å². The first-order valence-electron chi connectivity index (χ1n) is 11.4. The summed E-state index contributed by atoms with van der Waals surface area (Å²) in [6.07, 6.45) is 8.43. The average Bonchev–Trinajstić information content (AvgIpc) is 3.21. The number of pyridine rings is 1. The van der Waals surface area contributed by atoms with Gasteiger partial charge in [0.25, 0.3) is 0 Å². The van der Waals surface area contributed by atoms with E-state index < -0.39 is 0 Å². The van der Waals surface area contributed by atoms with Gasteiger partial charge in [-0.25, -0.2) is 4.98 Å². The number of anilines is 2. The summed E-state index contributed by atoms with van der Waals surface area (Å²) in [5.41, 5.74) is 4.30. The molecule has 1 saturated carbocycles. The number of aryl methyl sites for hydroxylation is 1. The molecular weight excluding hydrogens is 404 g/mol. The summed E-state index contributed by atoms with van der Waals surface area (Å²) in [5.74, 6) is 1.03. The Hall–Kier alpha value is -3.26. The van der Waals surface area contributed by atoms with E-state index in [9.17, 15) is 0 Å². The Morgan fingerprint density at radius 1 is 1.03 bits per heavy atom. The number of nitrogens with one attached hydrogen (secondary N) is 1. The smallest absolute Gasteiger partial charge is 0.247 e. The van der Waals surface area contributed by atoms with Crippen molar-refractivity contribution >= 4 is 33.7 Å². The van der Waals surface area contributed by atoms with Gasteiger partial charge in [0, 0.05) is 23.4 Å². The Labute approximate surface area is 186 Å². The van der Waals surface area contributed by atoms with Crippen molar-refractivity contribution < 1.29 is 9.47 Å². The maximum atomic E-state index is 6.21. The second kappa shape index (κ2) is 8.02. The van der Waals surface area contributed by atoms with E-state index in [0.29, 0.717) is 17.3 Å². The molecule has 0 radical (unpaired) electrons. The molecule has 0 bridgehead atoms. The number of nitrogens with zero attached hydrogens (tertiary/aromatic N) is 5. The van der Waals surface area contributed by atoms with Gasteiger partial charge in [0.15, 0.2) is 11.2 Å². The quantitative estimate of drug-likeness (QED) is 0.474. The molecular formula is C24H26N6O2. The molecule has 1 N–H and O–H groups in total. The van der Waals surface area contributed by atoms with Gasteiger partial charge in [0.05, 0.1) is 11.8 Å². The Morgan fingerprint density at radius 2 is 1.97 bits per heavy atom. The molecule has 8 heteroatoms. The van der Waals surface area contributed by atoms with E-state index in [-0.39, 0.29) is 12.3 Å². The highest BCUT2D eigenvalue weighted by Crippen LogP contribution is 2.33. The lowest BCUT2D eigenvalue weighted by atomic mass is 9.96. The molecule has 1 aliphatic carbocycles. The number of aromatic nitrogens is 5. The summed E-state index contributed by atoms with van der Waals surface area (Å²) in [6.45, 7) is 2.76. The van der Waals surface area contributed by atoms with Crippen LogP contribution >= 0.6 is 0 Å². The Morgan fingerprint density at radius 3 is 2.78 bits per heavy atom. The lowest BCUT2D eigenvalue weighted by Gasteiger charge is -2.26. The van der Waals surface area contributed by atoms with Crippen LogP contribution in [-0.2, 0) is 4.74 Å². The molecule has 1 saturated heterocycles. The summed E-state index contributed by atoms with van der Waals surface area (Å²) < 4.78 is 14.2. The molecule has 1 aromatic carbocycles. The predicted octanol–water partition coefficient (Wildman–Crippen LogP) is 5.06. The van der Waals surface area contributed by atoms with Gasteiger partial charge in [-0.15, -0.1) is 0 Å². The molecule has 0 amide bonds. The van der Waals surface area contributed by atoms with Gasteiger partial charge in [-0.2, -0.15) is 9.97 Å². The third kappa shape index (κ3) is 3.64. The summed E-state index contributed by atoms with van der Waals surface area (Å²) in [7, 11) is 0. The number of imidazole rings is 1. The normalized spacial score (nSPS) is 19.2. The largest absolute Gasteiger partial charge is 0.473 e. The number of hydrogen-bond acceptors (Lipinski definition) is 7. The van der Waals surface area contributed by atoms with Crippen LogP contribution in [0.25, 0.3) is 22.1 Å². The third-order valence-corrected chi connectivity index (χ3v) is 6.27. The molecule has 4 heterocycles. The zero-order chi connectivity index (χ0) is 21.5. The summed E-state index contributed by atoms with van der Waals surface area (Å²) in [5, 5.41) is 4.42. The van der Waals surface area contributed by atoms with Gasteiger partial charge in [-0.05, 0) is 69.7 Å². The fourth-order valence-corrected chi connectivity index (χ4v) is 4.26. The molecule has 4 aromatic rings. The lowest BCUT2D eigenvalue weighted by Crippen LogP contribution is -2.25. The minimum atomic E-state index is -0.0527. The standard InChI is InChI=1S/C24H26N6O2/c1-15-8-9-16-13-17(10-11-19(16)26-15)27-24-28-22-21(23(29-24)32-18-5-4-6-18)25-14-30(22)20-7-2-3-12-31-20/h8-11,13-14,18,20H,2-7,12H2,1H3,(H,27,28,29). The van der Waals surface area contributed by atoms with Crippen molar-refractivity contribution in [3.8, 4) is 5.88 Å². The summed E-state index contributed by atoms with van der Waals surface area (Å²) in [6, 6.07) is 10.2. The average molecular weight is 431 g/mol. The molecule has 1 atom stereocenters. The number of benzene rings is 1. The van der Waals surface area contributed by atoms with Gasteiger partial charge in [-0.3, -0.25) is 9.55 Å². The Bertz CT molecular complexity index is 1280. The first-order valence-corrected chi connectivity index (χ1v) is 11.4. The van der Waals surface area contributed by atoms with Gasteiger partial charge >= 0.3 is 0 Å². The van der Waals surface area contributed by atoms with E-state index in [4.69, 9.17) is 19.4 Å². The van der Waals surface area contributed by atoms with Crippen LogP contribution in [0.2, 0.25) is 0 Å². The van der Waals surface area contributed by atoms with Crippen molar-refractivity contribution in [3.05, 3.63) is 42.4 Å². The predicted molar refractivity (Wildman–Crippen MR) is 122 cm³/mol. The van der Waals surface area contributed by atoms with Crippen LogP contribution in [0, 0.1) is 6.92 Å². The highest BCUT2D eigenvalue weighted by molar-refractivity contribution is 5.84. The van der Waals surface area contributed by atoms with Crippen LogP contribution in [-0.4, -0.2) is 37.2 Å². The van der Waals surface area contributed by atoms with E-state index >= 15 is 0 Å². The maximum Gasteiger partial charge on any atom is 0.247 e. The van der Waals surface area contributed by atoms with Crippen LogP contribution in [0.1, 0.15) is 50.4 Å². The van der Waals surface area contributed by atoms with Crippen LogP contribution in [0.4, 0.5) is 11.6 Å². The highest BCUT2D eigenvalue weighted by atomic mass is 16.5. The minimum Gasteiger partial charge on any atom is -0.473 e. The van der Waals surface area contributed by atoms with Crippen molar-refractivity contribution in [2.24, 2.45) is 0 Å². The highest BCUT2D eigenvalue weighted by Gasteiger charge is 2.25. The van der Waals surface area contributed by atoms with Crippen LogP contribution in [0.15, 0.2) is 36.7 Å². The summed E-state index contributed by atoms with van der Waals surface area (Å²) in [4.78, 5) is 18.7. The Balaban J connectivity index is 1.38. The molecule has 3 aromatic heterocycles. The van der Waals surface area contributed by atoms with Crippen LogP contribution in [0.3, 0.4) is 0 Å². The molecule has 0 spiro atoms. The lowest BCUT2D eigenvalue weighted by molar-refractivity contribution is -0.0298. The Kier molecular flexibility index (Phi) is 4.87. The van der Waals surface area contributed by atoms with E-state index in [2.05, 4.69) is 27.4 Å². The van der Waals surface area contributed by atoms with Gasteiger partial charge in [-0.1, -0.05) is 6.07 Å². The molecule has 8 nitrogen and oxygen atoms in total. The van der Waals surface area contributed by atoms with E-state index in [0.717, 1.165) is 66.6 Å². The molecule has 164 valence electrons. The van der Waals surface area contributed by atoms with Crippen LogP contribution < -0.4 is 10.1 Å². The van der Waals surface area contributed by atoms with Crippen molar-refractivity contribution in [2.45, 2.75) is 57.8 Å². The molecule has 1 unspecified atom stereocenters. The van der Waals surface area contributed by atoms with Crippen molar-refractivity contribution in [3.63, 3.8) is 0 Å². The number of hydrogen-bond donors (Lipinski definition) is 1. The monoisotopic (exact) mass is 430 g/mol. The number of fused-ring (bicyclic) bond motifs is 2. The van der Waals surface area contributed by atoms with E-state index in [1.807, 2.05) is 29.7 Å². The van der Waals surface area contributed by atoms with Crippen LogP contribution in [0.5, 0.6) is 5.88 Å². The second-order valence-electron chi connectivity index (χ2n) is 8.65. The molecule has 6 rings (SSSR count). The van der Waals surface area contributed by atoms with Crippen molar-refractivity contribution in [1.82, 2.24) is 24.5 Å². The number of ether oxygens (including phenoxy) is 2. The topological polar surface area (TPSA) is 87.0 Å². The minimum absolute atomic E-state index is 0.0527. The first kappa shape index (κ1) is 19.4. The molecule has 1 aliphatic heterocycles. The first-order chi connectivity index (χ1) is 15.7. The van der Waals surface area contributed by atoms with E-state index in [1.54, 1.807) is 6.33 Å². The van der Waals surface area contributed by atoms with Gasteiger partial charge in [0.1, 0.15) is 12.3 Å². The van der Waals surface area contributed by atoms with Crippen molar-refractivity contribution in [2.75, 3.05) is 11.9 Å². The maximum absolute atomic E-state index is 6.21. The zero-order valence-corrected chi connectivity index (χ0v) is 18.1. The SMILES string of the molecule is Cc1ccc2cc(Nc3nc(OC4CCC4)c4ncn(C5CCCCO5)c4n3)ccc2n1. The molecule has 32 heavy (non-hydrogen) atoms.